The fourth-order valence-corrected chi connectivity index (χ4v) is 0.793. The maximum atomic E-state index is 12.1. The lowest BCUT2D eigenvalue weighted by Crippen LogP contribution is -2.29. The highest BCUT2D eigenvalue weighted by Gasteiger charge is 2.35. The number of nitrogens with zero attached hydrogens (tertiary/aromatic N) is 1. The van der Waals surface area contributed by atoms with E-state index in [0.717, 1.165) is 6.20 Å². The van der Waals surface area contributed by atoms with Crippen LogP contribution >= 0.6 is 0 Å². The average molecular weight is 193 g/mol. The Morgan fingerprint density at radius 3 is 2.15 bits per heavy atom. The largest absolute Gasteiger partial charge is 0.449 e. The molecule has 0 unspecified atom stereocenters. The Labute approximate surface area is 73.2 Å². The normalized spacial score (nSPS) is 13.4. The number of aromatic nitrogens is 2. The van der Waals surface area contributed by atoms with Crippen molar-refractivity contribution in [3.63, 3.8) is 0 Å². The molecule has 0 fully saturated rings. The molecule has 1 heterocycles. The van der Waals surface area contributed by atoms with Crippen molar-refractivity contribution in [1.29, 1.82) is 0 Å². The molecule has 0 aliphatic carbocycles. The second kappa shape index (κ2) is 2.73. The van der Waals surface area contributed by atoms with Gasteiger partial charge in [-0.05, 0) is 13.8 Å². The third kappa shape index (κ3) is 2.21. The fraction of sp³-hybridized carbons (Fsp3) is 0.571. The molecule has 0 bridgehead atoms. The molecule has 0 aliphatic heterocycles. The molecule has 0 amide bonds. The van der Waals surface area contributed by atoms with E-state index in [1.54, 1.807) is 13.8 Å². The van der Waals surface area contributed by atoms with E-state index < -0.39 is 17.5 Å². The number of halogens is 3. The summed E-state index contributed by atoms with van der Waals surface area (Å²) in [5.41, 5.74) is 5.00. The number of H-pyrrole nitrogens is 1. The zero-order valence-electron chi connectivity index (χ0n) is 7.24. The minimum absolute atomic E-state index is 0.264. The van der Waals surface area contributed by atoms with Gasteiger partial charge in [0.25, 0.3) is 0 Å². The van der Waals surface area contributed by atoms with Gasteiger partial charge in [0.05, 0.1) is 17.4 Å². The van der Waals surface area contributed by atoms with Gasteiger partial charge in [0.1, 0.15) is 0 Å². The van der Waals surface area contributed by atoms with Crippen LogP contribution in [0.1, 0.15) is 25.4 Å². The third-order valence-corrected chi connectivity index (χ3v) is 1.54. The zero-order chi connectivity index (χ0) is 10.3. The first-order valence-electron chi connectivity index (χ1n) is 3.63. The predicted octanol–water partition coefficient (Wildman–Crippen LogP) is 1.62. The SMILES string of the molecule is CC(C)(N)c1cnc(C(F)(F)F)[nH]1. The smallest absolute Gasteiger partial charge is 0.337 e. The third-order valence-electron chi connectivity index (χ3n) is 1.54. The molecule has 0 radical (unpaired) electrons. The molecule has 74 valence electrons. The number of aromatic amines is 1. The van der Waals surface area contributed by atoms with Crippen LogP contribution in [0.15, 0.2) is 6.20 Å². The van der Waals surface area contributed by atoms with Gasteiger partial charge >= 0.3 is 6.18 Å². The molecule has 3 N–H and O–H groups in total. The topological polar surface area (TPSA) is 54.7 Å². The molecule has 0 saturated heterocycles. The van der Waals surface area contributed by atoms with Crippen LogP contribution in [0.4, 0.5) is 13.2 Å². The van der Waals surface area contributed by atoms with Gasteiger partial charge in [-0.1, -0.05) is 0 Å². The van der Waals surface area contributed by atoms with E-state index in [4.69, 9.17) is 5.73 Å². The molecule has 3 nitrogen and oxygen atoms in total. The number of rotatable bonds is 1. The lowest BCUT2D eigenvalue weighted by atomic mass is 10.0. The zero-order valence-corrected chi connectivity index (χ0v) is 7.24. The quantitative estimate of drug-likeness (QED) is 0.712. The summed E-state index contributed by atoms with van der Waals surface area (Å²) in [6, 6.07) is 0. The van der Waals surface area contributed by atoms with Gasteiger partial charge in [-0.3, -0.25) is 0 Å². The number of nitrogens with one attached hydrogen (secondary N) is 1. The predicted molar refractivity (Wildman–Crippen MR) is 40.8 cm³/mol. The average Bonchev–Trinajstić information content (AvgIpc) is 2.28. The monoisotopic (exact) mass is 193 g/mol. The second-order valence-corrected chi connectivity index (χ2v) is 3.36. The number of hydrogen-bond donors (Lipinski definition) is 2. The van der Waals surface area contributed by atoms with Crippen LogP contribution in [-0.4, -0.2) is 9.97 Å². The number of hydrogen-bond acceptors (Lipinski definition) is 2. The maximum absolute atomic E-state index is 12.1. The molecule has 0 atom stereocenters. The van der Waals surface area contributed by atoms with E-state index >= 15 is 0 Å². The number of imidazole rings is 1. The van der Waals surface area contributed by atoms with E-state index in [1.807, 2.05) is 0 Å². The summed E-state index contributed by atoms with van der Waals surface area (Å²) in [5, 5.41) is 0. The Kier molecular flexibility index (Phi) is 2.11. The van der Waals surface area contributed by atoms with E-state index in [9.17, 15) is 13.2 Å². The highest BCUT2D eigenvalue weighted by Crippen LogP contribution is 2.27. The van der Waals surface area contributed by atoms with E-state index in [0.29, 0.717) is 0 Å². The van der Waals surface area contributed by atoms with E-state index in [1.165, 1.54) is 0 Å². The molecule has 13 heavy (non-hydrogen) atoms. The number of alkyl halides is 3. The van der Waals surface area contributed by atoms with Crippen molar-refractivity contribution in [1.82, 2.24) is 9.97 Å². The van der Waals surface area contributed by atoms with Crippen LogP contribution in [0.2, 0.25) is 0 Å². The van der Waals surface area contributed by atoms with Gasteiger partial charge in [-0.2, -0.15) is 13.2 Å². The molecule has 0 spiro atoms. The van der Waals surface area contributed by atoms with E-state index in [-0.39, 0.29) is 5.69 Å². The van der Waals surface area contributed by atoms with Gasteiger partial charge in [-0.25, -0.2) is 4.98 Å². The fourth-order valence-electron chi connectivity index (χ4n) is 0.793. The molecule has 6 heteroatoms. The van der Waals surface area contributed by atoms with Crippen molar-refractivity contribution in [3.05, 3.63) is 17.7 Å². The second-order valence-electron chi connectivity index (χ2n) is 3.36. The van der Waals surface area contributed by atoms with Crippen LogP contribution in [0.5, 0.6) is 0 Å². The molecule has 0 saturated carbocycles. The van der Waals surface area contributed by atoms with Crippen molar-refractivity contribution < 1.29 is 13.2 Å². The Bertz CT molecular complexity index is 266. The summed E-state index contributed by atoms with van der Waals surface area (Å²) in [7, 11) is 0. The van der Waals surface area contributed by atoms with Crippen LogP contribution in [0.25, 0.3) is 0 Å². The van der Waals surface area contributed by atoms with Gasteiger partial charge in [0, 0.05) is 0 Å². The minimum Gasteiger partial charge on any atom is -0.337 e. The lowest BCUT2D eigenvalue weighted by Gasteiger charge is -2.15. The highest BCUT2D eigenvalue weighted by molar-refractivity contribution is 5.11. The summed E-state index contributed by atoms with van der Waals surface area (Å²) >= 11 is 0. The van der Waals surface area contributed by atoms with Crippen molar-refractivity contribution in [2.24, 2.45) is 5.73 Å². The van der Waals surface area contributed by atoms with Crippen LogP contribution in [0.3, 0.4) is 0 Å². The molecule has 0 aliphatic rings. The van der Waals surface area contributed by atoms with Crippen LogP contribution in [0, 0.1) is 0 Å². The highest BCUT2D eigenvalue weighted by atomic mass is 19.4. The molecular weight excluding hydrogens is 183 g/mol. The van der Waals surface area contributed by atoms with Crippen LogP contribution < -0.4 is 5.73 Å². The lowest BCUT2D eigenvalue weighted by molar-refractivity contribution is -0.144. The van der Waals surface area contributed by atoms with E-state index in [2.05, 4.69) is 9.97 Å². The maximum Gasteiger partial charge on any atom is 0.449 e. The summed E-state index contributed by atoms with van der Waals surface area (Å²) < 4.78 is 36.2. The van der Waals surface area contributed by atoms with Gasteiger partial charge in [0.2, 0.25) is 5.82 Å². The van der Waals surface area contributed by atoms with Crippen molar-refractivity contribution >= 4 is 0 Å². The number of nitrogens with two attached hydrogens (primary N) is 1. The Balaban J connectivity index is 3.01. The summed E-state index contributed by atoms with van der Waals surface area (Å²) in [4.78, 5) is 5.33. The minimum atomic E-state index is -4.44. The first kappa shape index (κ1) is 10.0. The molecule has 1 rings (SSSR count). The molecular formula is C7H10F3N3. The van der Waals surface area contributed by atoms with Crippen molar-refractivity contribution in [2.45, 2.75) is 25.6 Å². The van der Waals surface area contributed by atoms with Gasteiger partial charge in [-0.15, -0.1) is 0 Å². The molecule has 1 aromatic heterocycles. The Morgan fingerprint density at radius 1 is 1.38 bits per heavy atom. The Hall–Kier alpha value is -1.04. The summed E-state index contributed by atoms with van der Waals surface area (Å²) in [5.74, 6) is -1.01. The standard InChI is InChI=1S/C7H10F3N3/c1-6(2,11)4-3-12-5(13-4)7(8,9)10/h3H,11H2,1-2H3,(H,12,13). The first-order valence-corrected chi connectivity index (χ1v) is 3.63. The van der Waals surface area contributed by atoms with Crippen molar-refractivity contribution in [3.8, 4) is 0 Å². The Morgan fingerprint density at radius 2 is 1.92 bits per heavy atom. The summed E-state index contributed by atoms with van der Waals surface area (Å²) in [6.45, 7) is 3.20. The van der Waals surface area contributed by atoms with Crippen molar-refractivity contribution in [2.75, 3.05) is 0 Å². The molecule has 1 aromatic rings. The van der Waals surface area contributed by atoms with Gasteiger partial charge < -0.3 is 10.7 Å². The summed E-state index contributed by atoms with van der Waals surface area (Å²) in [6.07, 6.45) is -3.34. The van der Waals surface area contributed by atoms with Crippen LogP contribution in [-0.2, 0) is 11.7 Å². The molecule has 0 aromatic carbocycles. The first-order chi connectivity index (χ1) is 5.71. The van der Waals surface area contributed by atoms with Gasteiger partial charge in [0.15, 0.2) is 0 Å².